The number of nitrogens with one attached hydrogen (secondary N) is 1. The zero-order valence-electron chi connectivity index (χ0n) is 9.49. The van der Waals surface area contributed by atoms with Gasteiger partial charge in [0.05, 0.1) is 0 Å². The van der Waals surface area contributed by atoms with Crippen LogP contribution in [-0.2, 0) is 6.42 Å². The maximum absolute atomic E-state index is 5.48. The highest BCUT2D eigenvalue weighted by atomic mass is 16.5. The van der Waals surface area contributed by atoms with Crippen molar-refractivity contribution >= 4 is 0 Å². The molecular weight excluding hydrogens is 190 g/mol. The molecule has 0 aliphatic heterocycles. The average molecular weight is 209 g/mol. The lowest BCUT2D eigenvalue weighted by Gasteiger charge is -2.06. The molecule has 84 valence electrons. The summed E-state index contributed by atoms with van der Waals surface area (Å²) in [7, 11) is 0. The highest BCUT2D eigenvalue weighted by molar-refractivity contribution is 5.13. The minimum Gasteiger partial charge on any atom is -0.476 e. The summed E-state index contributed by atoms with van der Waals surface area (Å²) < 4.78 is 5.48. The van der Waals surface area contributed by atoms with E-state index in [9.17, 15) is 0 Å². The number of likely N-dealkylation sites (N-methyl/N-ethyl adjacent to an activating group) is 1. The number of nitrogens with zero attached hydrogens (tertiary/aromatic N) is 2. The number of hydrogen-bond donors (Lipinski definition) is 1. The number of aryl methyl sites for hydroxylation is 1. The predicted octanol–water partition coefficient (Wildman–Crippen LogP) is 1.42. The van der Waals surface area contributed by atoms with Crippen LogP contribution in [0.25, 0.3) is 0 Å². The van der Waals surface area contributed by atoms with Gasteiger partial charge in [0.15, 0.2) is 0 Å². The second-order valence-corrected chi connectivity index (χ2v) is 3.30. The van der Waals surface area contributed by atoms with Gasteiger partial charge in [-0.15, -0.1) is 0 Å². The van der Waals surface area contributed by atoms with Crippen molar-refractivity contribution in [3.05, 3.63) is 18.1 Å². The number of ether oxygens (including phenoxy) is 1. The van der Waals surface area contributed by atoms with E-state index in [0.717, 1.165) is 31.6 Å². The molecule has 0 spiro atoms. The quantitative estimate of drug-likeness (QED) is 0.690. The monoisotopic (exact) mass is 209 g/mol. The maximum Gasteiger partial charge on any atom is 0.216 e. The first kappa shape index (κ1) is 11.9. The first-order valence-electron chi connectivity index (χ1n) is 5.51. The van der Waals surface area contributed by atoms with E-state index in [0.29, 0.717) is 12.5 Å². The third-order valence-corrected chi connectivity index (χ3v) is 1.98. The van der Waals surface area contributed by atoms with E-state index in [1.165, 1.54) is 0 Å². The Labute approximate surface area is 91.1 Å². The van der Waals surface area contributed by atoms with Crippen LogP contribution < -0.4 is 10.1 Å². The van der Waals surface area contributed by atoms with Gasteiger partial charge >= 0.3 is 0 Å². The molecule has 4 nitrogen and oxygen atoms in total. The van der Waals surface area contributed by atoms with Gasteiger partial charge in [0.1, 0.15) is 12.9 Å². The summed E-state index contributed by atoms with van der Waals surface area (Å²) in [5, 5.41) is 3.19. The van der Waals surface area contributed by atoms with Crippen molar-refractivity contribution in [1.29, 1.82) is 0 Å². The SMILES string of the molecule is CCCc1cc(OCCNCC)ncn1. The molecule has 0 bridgehead atoms. The molecule has 0 aromatic carbocycles. The molecule has 0 saturated carbocycles. The van der Waals surface area contributed by atoms with E-state index in [1.54, 1.807) is 6.33 Å². The first-order valence-corrected chi connectivity index (χ1v) is 5.51. The summed E-state index contributed by atoms with van der Waals surface area (Å²) in [4.78, 5) is 8.22. The van der Waals surface area contributed by atoms with Gasteiger partial charge in [-0.25, -0.2) is 9.97 Å². The summed E-state index contributed by atoms with van der Waals surface area (Å²) >= 11 is 0. The molecule has 0 unspecified atom stereocenters. The van der Waals surface area contributed by atoms with Crippen LogP contribution in [-0.4, -0.2) is 29.7 Å². The Balaban J connectivity index is 2.36. The van der Waals surface area contributed by atoms with Gasteiger partial charge in [-0.3, -0.25) is 0 Å². The molecule has 0 amide bonds. The molecule has 0 radical (unpaired) electrons. The van der Waals surface area contributed by atoms with Crippen molar-refractivity contribution < 1.29 is 4.74 Å². The molecule has 0 aliphatic carbocycles. The largest absolute Gasteiger partial charge is 0.476 e. The van der Waals surface area contributed by atoms with Gasteiger partial charge < -0.3 is 10.1 Å². The Morgan fingerprint density at radius 3 is 2.93 bits per heavy atom. The maximum atomic E-state index is 5.48. The van der Waals surface area contributed by atoms with Gasteiger partial charge in [-0.05, 0) is 13.0 Å². The Kier molecular flexibility index (Phi) is 5.70. The summed E-state index contributed by atoms with van der Waals surface area (Å²) in [5.74, 6) is 0.673. The van der Waals surface area contributed by atoms with E-state index in [4.69, 9.17) is 4.74 Å². The van der Waals surface area contributed by atoms with Crippen molar-refractivity contribution in [2.75, 3.05) is 19.7 Å². The van der Waals surface area contributed by atoms with Crippen molar-refractivity contribution in [2.45, 2.75) is 26.7 Å². The van der Waals surface area contributed by atoms with E-state index in [1.807, 2.05) is 6.07 Å². The number of rotatable bonds is 7. The Hall–Kier alpha value is -1.16. The lowest BCUT2D eigenvalue weighted by Crippen LogP contribution is -2.20. The third-order valence-electron chi connectivity index (χ3n) is 1.98. The van der Waals surface area contributed by atoms with Crippen LogP contribution in [0.4, 0.5) is 0 Å². The minimum atomic E-state index is 0.649. The van der Waals surface area contributed by atoms with Crippen molar-refractivity contribution in [3.8, 4) is 5.88 Å². The Morgan fingerprint density at radius 2 is 2.20 bits per heavy atom. The van der Waals surface area contributed by atoms with Gasteiger partial charge in [0, 0.05) is 18.3 Å². The summed E-state index contributed by atoms with van der Waals surface area (Å²) in [5.41, 5.74) is 1.05. The molecule has 1 aromatic heterocycles. The molecule has 0 saturated heterocycles. The fourth-order valence-corrected chi connectivity index (χ4v) is 1.25. The average Bonchev–Trinajstić information content (AvgIpc) is 2.26. The van der Waals surface area contributed by atoms with Gasteiger partial charge in [0.25, 0.3) is 0 Å². The van der Waals surface area contributed by atoms with Gasteiger partial charge in [-0.2, -0.15) is 0 Å². The molecule has 1 aromatic rings. The minimum absolute atomic E-state index is 0.649. The second-order valence-electron chi connectivity index (χ2n) is 3.30. The van der Waals surface area contributed by atoms with Crippen LogP contribution in [0.15, 0.2) is 12.4 Å². The summed E-state index contributed by atoms with van der Waals surface area (Å²) in [6.45, 7) is 6.67. The van der Waals surface area contributed by atoms with E-state index >= 15 is 0 Å². The second kappa shape index (κ2) is 7.17. The van der Waals surface area contributed by atoms with Gasteiger partial charge in [0.2, 0.25) is 5.88 Å². The molecule has 1 heterocycles. The van der Waals surface area contributed by atoms with E-state index in [-0.39, 0.29) is 0 Å². The molecule has 0 atom stereocenters. The first-order chi connectivity index (χ1) is 7.36. The lowest BCUT2D eigenvalue weighted by molar-refractivity contribution is 0.302. The van der Waals surface area contributed by atoms with Crippen LogP contribution in [0.1, 0.15) is 26.0 Å². The molecule has 1 N–H and O–H groups in total. The highest BCUT2D eigenvalue weighted by Gasteiger charge is 1.98. The summed E-state index contributed by atoms with van der Waals surface area (Å²) in [6.07, 6.45) is 3.63. The summed E-state index contributed by atoms with van der Waals surface area (Å²) in [6, 6.07) is 1.91. The van der Waals surface area contributed by atoms with Gasteiger partial charge in [-0.1, -0.05) is 20.3 Å². The normalized spacial score (nSPS) is 10.3. The zero-order chi connectivity index (χ0) is 10.9. The molecule has 0 aliphatic rings. The fourth-order valence-electron chi connectivity index (χ4n) is 1.25. The lowest BCUT2D eigenvalue weighted by atomic mass is 10.2. The van der Waals surface area contributed by atoms with E-state index in [2.05, 4.69) is 29.1 Å². The molecule has 1 rings (SSSR count). The fraction of sp³-hybridized carbons (Fsp3) is 0.636. The molecule has 15 heavy (non-hydrogen) atoms. The van der Waals surface area contributed by atoms with Crippen LogP contribution in [0.5, 0.6) is 5.88 Å². The van der Waals surface area contributed by atoms with Crippen molar-refractivity contribution in [2.24, 2.45) is 0 Å². The van der Waals surface area contributed by atoms with Crippen LogP contribution in [0, 0.1) is 0 Å². The highest BCUT2D eigenvalue weighted by Crippen LogP contribution is 2.07. The third kappa shape index (κ3) is 4.74. The number of aromatic nitrogens is 2. The zero-order valence-corrected chi connectivity index (χ0v) is 9.49. The Bertz CT molecular complexity index is 278. The molecule has 4 heteroatoms. The topological polar surface area (TPSA) is 47.0 Å². The molecular formula is C11H19N3O. The van der Waals surface area contributed by atoms with Crippen LogP contribution >= 0.6 is 0 Å². The van der Waals surface area contributed by atoms with Crippen molar-refractivity contribution in [3.63, 3.8) is 0 Å². The predicted molar refractivity (Wildman–Crippen MR) is 60.1 cm³/mol. The van der Waals surface area contributed by atoms with Crippen molar-refractivity contribution in [1.82, 2.24) is 15.3 Å². The molecule has 0 fully saturated rings. The Morgan fingerprint density at radius 1 is 1.33 bits per heavy atom. The van der Waals surface area contributed by atoms with Crippen LogP contribution in [0.3, 0.4) is 0 Å². The smallest absolute Gasteiger partial charge is 0.216 e. The standard InChI is InChI=1S/C11H19N3O/c1-3-5-10-8-11(14-9-13-10)15-7-6-12-4-2/h8-9,12H,3-7H2,1-2H3. The number of hydrogen-bond acceptors (Lipinski definition) is 4. The van der Waals surface area contributed by atoms with Crippen LogP contribution in [0.2, 0.25) is 0 Å². The van der Waals surface area contributed by atoms with E-state index < -0.39 is 0 Å².